The molecule has 1 aromatic rings. The molecule has 6 heteroatoms. The minimum absolute atomic E-state index is 0.139. The summed E-state index contributed by atoms with van der Waals surface area (Å²) >= 11 is 0. The van der Waals surface area contributed by atoms with Crippen molar-refractivity contribution >= 4 is 11.5 Å². The number of ether oxygens (including phenoxy) is 2. The second-order valence-electron chi connectivity index (χ2n) is 4.81. The number of nitrogens with two attached hydrogens (primary N) is 1. The molecule has 0 aromatic heterocycles. The van der Waals surface area contributed by atoms with Crippen LogP contribution in [-0.2, 0) is 9.47 Å². The van der Waals surface area contributed by atoms with E-state index in [9.17, 15) is 10.3 Å². The highest BCUT2D eigenvalue weighted by molar-refractivity contribution is 6.15. The van der Waals surface area contributed by atoms with Crippen molar-refractivity contribution in [2.45, 2.75) is 19.9 Å². The summed E-state index contributed by atoms with van der Waals surface area (Å²) in [5.41, 5.74) is 16.3. The Kier molecular flexibility index (Phi) is 5.46. The van der Waals surface area contributed by atoms with E-state index in [2.05, 4.69) is 4.79 Å². The third-order valence-corrected chi connectivity index (χ3v) is 3.36. The highest BCUT2D eigenvalue weighted by atomic mass is 16.5. The summed E-state index contributed by atoms with van der Waals surface area (Å²) in [4.78, 5) is 16.0. The summed E-state index contributed by atoms with van der Waals surface area (Å²) in [7, 11) is 0. The zero-order chi connectivity index (χ0) is 16.8. The number of hydrogen-bond donors (Lipinski definition) is 1. The molecule has 1 aliphatic carbocycles. The van der Waals surface area contributed by atoms with Gasteiger partial charge in [-0.2, -0.15) is 4.79 Å². The van der Waals surface area contributed by atoms with Crippen LogP contribution in [0.3, 0.4) is 0 Å². The number of allylic oxidation sites excluding steroid dienone is 2. The SMILES string of the molecule is CCOC1=CC(C(=O)c2ccccc2)=C(OCC)C(N)C1=[N+]=[N-]. The highest BCUT2D eigenvalue weighted by Crippen LogP contribution is 2.25. The van der Waals surface area contributed by atoms with Crippen molar-refractivity contribution in [2.24, 2.45) is 5.73 Å². The number of hydrogen-bond acceptors (Lipinski definition) is 4. The van der Waals surface area contributed by atoms with Gasteiger partial charge in [0.1, 0.15) is 5.76 Å². The summed E-state index contributed by atoms with van der Waals surface area (Å²) in [5.74, 6) is 0.321. The van der Waals surface area contributed by atoms with E-state index in [1.807, 2.05) is 6.07 Å². The van der Waals surface area contributed by atoms with Crippen molar-refractivity contribution < 1.29 is 19.1 Å². The van der Waals surface area contributed by atoms with Crippen LogP contribution in [0, 0.1) is 0 Å². The van der Waals surface area contributed by atoms with Gasteiger partial charge in [-0.3, -0.25) is 4.79 Å². The number of ketones is 1. The molecule has 0 saturated carbocycles. The smallest absolute Gasteiger partial charge is 0.357 e. The molecule has 1 aromatic carbocycles. The molecule has 1 unspecified atom stereocenters. The standard InChI is InChI=1S/C17H19N3O3/c1-3-22-13-10-12(16(21)11-8-6-5-7-9-11)17(23-4-2)14(18)15(13)20-19/h5-10,14H,3-4,18H2,1-2H3. The number of rotatable bonds is 6. The van der Waals surface area contributed by atoms with E-state index in [1.54, 1.807) is 38.1 Å². The Morgan fingerprint density at radius 1 is 1.22 bits per heavy atom. The lowest BCUT2D eigenvalue weighted by Gasteiger charge is -2.21. The molecule has 0 radical (unpaired) electrons. The fraction of sp³-hybridized carbons (Fsp3) is 0.294. The van der Waals surface area contributed by atoms with Crippen LogP contribution >= 0.6 is 0 Å². The number of carbonyl (C=O) groups excluding carboxylic acids is 1. The first-order valence-corrected chi connectivity index (χ1v) is 7.43. The predicted octanol–water partition coefficient (Wildman–Crippen LogP) is 2.09. The molecule has 6 nitrogen and oxygen atoms in total. The summed E-state index contributed by atoms with van der Waals surface area (Å²) < 4.78 is 11.0. The van der Waals surface area contributed by atoms with Crippen LogP contribution in [0.2, 0.25) is 0 Å². The summed E-state index contributed by atoms with van der Waals surface area (Å²) in [6.45, 7) is 4.28. The summed E-state index contributed by atoms with van der Waals surface area (Å²) in [6.07, 6.45) is 1.52. The minimum Gasteiger partial charge on any atom is -0.495 e. The van der Waals surface area contributed by atoms with Crippen molar-refractivity contribution in [1.29, 1.82) is 0 Å². The van der Waals surface area contributed by atoms with Gasteiger partial charge in [-0.15, -0.1) is 0 Å². The maximum Gasteiger partial charge on any atom is 0.357 e. The van der Waals surface area contributed by atoms with E-state index >= 15 is 0 Å². The van der Waals surface area contributed by atoms with Gasteiger partial charge in [0.15, 0.2) is 11.8 Å². The van der Waals surface area contributed by atoms with Crippen molar-refractivity contribution in [2.75, 3.05) is 13.2 Å². The normalized spacial score (nSPS) is 17.4. The molecule has 0 saturated heterocycles. The highest BCUT2D eigenvalue weighted by Gasteiger charge is 2.38. The Morgan fingerprint density at radius 2 is 1.87 bits per heavy atom. The van der Waals surface area contributed by atoms with Gasteiger partial charge in [0.05, 0.1) is 18.8 Å². The van der Waals surface area contributed by atoms with Crippen molar-refractivity contribution in [3.05, 3.63) is 64.6 Å². The fourth-order valence-corrected chi connectivity index (χ4v) is 2.35. The first kappa shape index (κ1) is 16.7. The number of carbonyl (C=O) groups is 1. The largest absolute Gasteiger partial charge is 0.495 e. The van der Waals surface area contributed by atoms with Gasteiger partial charge in [-0.05, 0) is 13.8 Å². The minimum atomic E-state index is -0.867. The average Bonchev–Trinajstić information content (AvgIpc) is 2.58. The second kappa shape index (κ2) is 7.54. The first-order chi connectivity index (χ1) is 11.1. The van der Waals surface area contributed by atoms with E-state index in [1.165, 1.54) is 6.08 Å². The van der Waals surface area contributed by atoms with Crippen LogP contribution in [0.5, 0.6) is 0 Å². The molecular weight excluding hydrogens is 294 g/mol. The van der Waals surface area contributed by atoms with Crippen LogP contribution in [0.1, 0.15) is 24.2 Å². The lowest BCUT2D eigenvalue weighted by molar-refractivity contribution is -0.0152. The van der Waals surface area contributed by atoms with E-state index < -0.39 is 6.04 Å². The van der Waals surface area contributed by atoms with Crippen LogP contribution in [-0.4, -0.2) is 35.5 Å². The van der Waals surface area contributed by atoms with E-state index in [0.717, 1.165) is 0 Å². The Bertz CT molecular complexity index is 701. The lowest BCUT2D eigenvalue weighted by Crippen LogP contribution is -2.40. The number of Topliss-reactive ketones (excluding diaryl/α,β-unsaturated/α-hetero) is 1. The molecule has 2 rings (SSSR count). The fourth-order valence-electron chi connectivity index (χ4n) is 2.35. The van der Waals surface area contributed by atoms with Crippen LogP contribution in [0.15, 0.2) is 53.5 Å². The van der Waals surface area contributed by atoms with Gasteiger partial charge in [0, 0.05) is 11.6 Å². The molecule has 120 valence electrons. The second-order valence-corrected chi connectivity index (χ2v) is 4.81. The van der Waals surface area contributed by atoms with Gasteiger partial charge in [0.2, 0.25) is 5.76 Å². The van der Waals surface area contributed by atoms with Crippen LogP contribution < -0.4 is 5.73 Å². The third kappa shape index (κ3) is 3.39. The summed E-state index contributed by atoms with van der Waals surface area (Å²) in [6, 6.07) is 7.96. The zero-order valence-electron chi connectivity index (χ0n) is 13.2. The molecular formula is C17H19N3O3. The number of nitrogens with zero attached hydrogens (tertiary/aromatic N) is 2. The number of benzene rings is 1. The lowest BCUT2D eigenvalue weighted by atomic mass is 9.92. The van der Waals surface area contributed by atoms with Crippen LogP contribution in [0.4, 0.5) is 0 Å². The molecule has 1 atom stereocenters. The quantitative estimate of drug-likeness (QED) is 0.494. The molecule has 0 amide bonds. The predicted molar refractivity (Wildman–Crippen MR) is 85.7 cm³/mol. The van der Waals surface area contributed by atoms with Crippen LogP contribution in [0.25, 0.3) is 5.53 Å². The molecule has 0 bridgehead atoms. The van der Waals surface area contributed by atoms with Crippen molar-refractivity contribution in [3.8, 4) is 0 Å². The Morgan fingerprint density at radius 3 is 2.43 bits per heavy atom. The van der Waals surface area contributed by atoms with E-state index in [4.69, 9.17) is 15.2 Å². The Balaban J connectivity index is 2.56. The van der Waals surface area contributed by atoms with E-state index in [0.29, 0.717) is 24.4 Å². The van der Waals surface area contributed by atoms with Crippen molar-refractivity contribution in [3.63, 3.8) is 0 Å². The first-order valence-electron chi connectivity index (χ1n) is 7.43. The maximum absolute atomic E-state index is 12.8. The van der Waals surface area contributed by atoms with Crippen molar-refractivity contribution in [1.82, 2.24) is 0 Å². The molecule has 0 aliphatic heterocycles. The molecule has 0 heterocycles. The van der Waals surface area contributed by atoms with E-state index in [-0.39, 0.29) is 23.0 Å². The van der Waals surface area contributed by atoms with Gasteiger partial charge >= 0.3 is 5.71 Å². The monoisotopic (exact) mass is 313 g/mol. The topological polar surface area (TPSA) is 98.0 Å². The van der Waals surface area contributed by atoms with Gasteiger partial charge in [-0.25, -0.2) is 0 Å². The molecule has 0 spiro atoms. The van der Waals surface area contributed by atoms with Gasteiger partial charge < -0.3 is 20.7 Å². The molecule has 0 fully saturated rings. The maximum atomic E-state index is 12.8. The van der Waals surface area contributed by atoms with Gasteiger partial charge in [-0.1, -0.05) is 30.3 Å². The molecule has 23 heavy (non-hydrogen) atoms. The average molecular weight is 313 g/mol. The zero-order valence-corrected chi connectivity index (χ0v) is 13.2. The third-order valence-electron chi connectivity index (χ3n) is 3.36. The molecule has 1 aliphatic rings. The van der Waals surface area contributed by atoms with Gasteiger partial charge in [0.25, 0.3) is 0 Å². The Hall–Kier alpha value is -2.69. The summed E-state index contributed by atoms with van der Waals surface area (Å²) in [5, 5.41) is 0. The molecule has 2 N–H and O–H groups in total. The Labute approximate surface area is 134 Å².